The van der Waals surface area contributed by atoms with Gasteiger partial charge < -0.3 is 14.8 Å². The molecule has 2 aromatic rings. The SMILES string of the molecule is CCN1CCC(Nc2cccc(-n3cccc3)c2)CC1. The molecule has 1 aromatic heterocycles. The first-order valence-corrected chi connectivity index (χ1v) is 7.57. The van der Waals surface area contributed by atoms with Gasteiger partial charge in [-0.1, -0.05) is 13.0 Å². The van der Waals surface area contributed by atoms with E-state index in [1.165, 1.54) is 43.9 Å². The highest BCUT2D eigenvalue weighted by Gasteiger charge is 2.17. The van der Waals surface area contributed by atoms with Crippen LogP contribution in [0.1, 0.15) is 19.8 Å². The second-order valence-corrected chi connectivity index (χ2v) is 5.49. The summed E-state index contributed by atoms with van der Waals surface area (Å²) in [6.45, 7) is 5.85. The normalized spacial score (nSPS) is 17.2. The smallest absolute Gasteiger partial charge is 0.0469 e. The van der Waals surface area contributed by atoms with E-state index in [1.54, 1.807) is 0 Å². The molecule has 0 unspecified atom stereocenters. The Hall–Kier alpha value is -1.74. The van der Waals surface area contributed by atoms with E-state index < -0.39 is 0 Å². The van der Waals surface area contributed by atoms with Crippen LogP contribution in [0.4, 0.5) is 5.69 Å². The molecule has 1 saturated heterocycles. The Bertz CT molecular complexity index is 525. The first-order valence-electron chi connectivity index (χ1n) is 7.57. The van der Waals surface area contributed by atoms with E-state index in [9.17, 15) is 0 Å². The minimum Gasteiger partial charge on any atom is -0.382 e. The second-order valence-electron chi connectivity index (χ2n) is 5.49. The van der Waals surface area contributed by atoms with Gasteiger partial charge in [-0.15, -0.1) is 0 Å². The van der Waals surface area contributed by atoms with Crippen LogP contribution in [0.2, 0.25) is 0 Å². The maximum absolute atomic E-state index is 3.69. The number of hydrogen-bond donors (Lipinski definition) is 1. The van der Waals surface area contributed by atoms with Crippen LogP contribution in [0.25, 0.3) is 5.69 Å². The van der Waals surface area contributed by atoms with E-state index in [-0.39, 0.29) is 0 Å². The average molecular weight is 269 g/mol. The van der Waals surface area contributed by atoms with Crippen LogP contribution in [-0.4, -0.2) is 35.1 Å². The van der Waals surface area contributed by atoms with Crippen LogP contribution in [0.5, 0.6) is 0 Å². The fourth-order valence-corrected chi connectivity index (χ4v) is 2.89. The molecule has 106 valence electrons. The van der Waals surface area contributed by atoms with Crippen molar-refractivity contribution in [1.29, 1.82) is 0 Å². The van der Waals surface area contributed by atoms with E-state index in [1.807, 2.05) is 0 Å². The van der Waals surface area contributed by atoms with Crippen LogP contribution in [0.15, 0.2) is 48.8 Å². The third-order valence-electron chi connectivity index (χ3n) is 4.15. The highest BCUT2D eigenvalue weighted by Crippen LogP contribution is 2.19. The summed E-state index contributed by atoms with van der Waals surface area (Å²) in [7, 11) is 0. The minimum absolute atomic E-state index is 0.609. The van der Waals surface area contributed by atoms with E-state index in [4.69, 9.17) is 0 Å². The first kappa shape index (κ1) is 13.3. The molecular formula is C17H23N3. The number of nitrogens with zero attached hydrogens (tertiary/aromatic N) is 2. The maximum atomic E-state index is 3.69. The van der Waals surface area contributed by atoms with Crippen molar-refractivity contribution in [3.05, 3.63) is 48.8 Å². The summed E-state index contributed by atoms with van der Waals surface area (Å²) in [4.78, 5) is 2.52. The third-order valence-corrected chi connectivity index (χ3v) is 4.15. The predicted octanol–water partition coefficient (Wildman–Crippen LogP) is 3.37. The number of hydrogen-bond acceptors (Lipinski definition) is 2. The molecule has 0 spiro atoms. The molecule has 3 rings (SSSR count). The van der Waals surface area contributed by atoms with Gasteiger partial charge in [0.1, 0.15) is 0 Å². The Kier molecular flexibility index (Phi) is 4.07. The number of aromatic nitrogens is 1. The van der Waals surface area contributed by atoms with Crippen molar-refractivity contribution in [3.63, 3.8) is 0 Å². The van der Waals surface area contributed by atoms with Crippen LogP contribution >= 0.6 is 0 Å². The lowest BCUT2D eigenvalue weighted by atomic mass is 10.0. The van der Waals surface area contributed by atoms with Crippen LogP contribution in [0.3, 0.4) is 0 Å². The van der Waals surface area contributed by atoms with Crippen molar-refractivity contribution in [1.82, 2.24) is 9.47 Å². The van der Waals surface area contributed by atoms with Crippen molar-refractivity contribution in [2.24, 2.45) is 0 Å². The van der Waals surface area contributed by atoms with Gasteiger partial charge in [0, 0.05) is 42.9 Å². The summed E-state index contributed by atoms with van der Waals surface area (Å²) < 4.78 is 2.14. The van der Waals surface area contributed by atoms with Crippen molar-refractivity contribution < 1.29 is 0 Å². The van der Waals surface area contributed by atoms with Gasteiger partial charge in [-0.25, -0.2) is 0 Å². The molecule has 0 aliphatic carbocycles. The van der Waals surface area contributed by atoms with Crippen LogP contribution < -0.4 is 5.32 Å². The van der Waals surface area contributed by atoms with Gasteiger partial charge in [0.2, 0.25) is 0 Å². The van der Waals surface area contributed by atoms with E-state index in [2.05, 4.69) is 70.5 Å². The summed E-state index contributed by atoms with van der Waals surface area (Å²) >= 11 is 0. The molecule has 0 atom stereocenters. The quantitative estimate of drug-likeness (QED) is 0.918. The van der Waals surface area contributed by atoms with Crippen molar-refractivity contribution in [3.8, 4) is 5.69 Å². The van der Waals surface area contributed by atoms with E-state index in [0.717, 1.165) is 0 Å². The lowest BCUT2D eigenvalue weighted by Crippen LogP contribution is -2.38. The first-order chi connectivity index (χ1) is 9.85. The Labute approximate surface area is 121 Å². The lowest BCUT2D eigenvalue weighted by molar-refractivity contribution is 0.229. The number of benzene rings is 1. The molecule has 20 heavy (non-hydrogen) atoms. The zero-order valence-corrected chi connectivity index (χ0v) is 12.1. The summed E-state index contributed by atoms with van der Waals surface area (Å²) in [6, 6.07) is 13.4. The van der Waals surface area contributed by atoms with Gasteiger partial charge in [0.15, 0.2) is 0 Å². The summed E-state index contributed by atoms with van der Waals surface area (Å²) in [5, 5.41) is 3.69. The highest BCUT2D eigenvalue weighted by atomic mass is 15.1. The topological polar surface area (TPSA) is 20.2 Å². The Balaban J connectivity index is 1.65. The van der Waals surface area contributed by atoms with E-state index in [0.29, 0.717) is 6.04 Å². The molecular weight excluding hydrogens is 246 g/mol. The summed E-state index contributed by atoms with van der Waals surface area (Å²) in [5.41, 5.74) is 2.44. The molecule has 1 fully saturated rings. The molecule has 0 amide bonds. The van der Waals surface area contributed by atoms with E-state index >= 15 is 0 Å². The zero-order valence-electron chi connectivity index (χ0n) is 12.1. The molecule has 2 heterocycles. The monoisotopic (exact) mass is 269 g/mol. The van der Waals surface area contributed by atoms with Crippen molar-refractivity contribution in [2.75, 3.05) is 25.0 Å². The Morgan fingerprint density at radius 2 is 1.85 bits per heavy atom. The number of anilines is 1. The largest absolute Gasteiger partial charge is 0.382 e. The maximum Gasteiger partial charge on any atom is 0.0469 e. The molecule has 1 aromatic carbocycles. The fraction of sp³-hybridized carbons (Fsp3) is 0.412. The molecule has 1 N–H and O–H groups in total. The fourth-order valence-electron chi connectivity index (χ4n) is 2.89. The average Bonchev–Trinajstić information content (AvgIpc) is 3.03. The number of nitrogens with one attached hydrogen (secondary N) is 1. The molecule has 0 bridgehead atoms. The van der Waals surface area contributed by atoms with Gasteiger partial charge in [-0.2, -0.15) is 0 Å². The summed E-state index contributed by atoms with van der Waals surface area (Å²) in [5.74, 6) is 0. The van der Waals surface area contributed by atoms with Gasteiger partial charge in [-0.3, -0.25) is 0 Å². The number of likely N-dealkylation sites (tertiary alicyclic amines) is 1. The predicted molar refractivity (Wildman–Crippen MR) is 84.5 cm³/mol. The minimum atomic E-state index is 0.609. The molecule has 3 heteroatoms. The third kappa shape index (κ3) is 3.05. The summed E-state index contributed by atoms with van der Waals surface area (Å²) in [6.07, 6.45) is 6.64. The van der Waals surface area contributed by atoms with Crippen LogP contribution in [-0.2, 0) is 0 Å². The molecule has 1 aliphatic heterocycles. The van der Waals surface area contributed by atoms with Gasteiger partial charge in [-0.05, 0) is 49.7 Å². The lowest BCUT2D eigenvalue weighted by Gasteiger charge is -2.32. The van der Waals surface area contributed by atoms with Gasteiger partial charge in [0.05, 0.1) is 0 Å². The highest BCUT2D eigenvalue weighted by molar-refractivity contribution is 5.51. The Morgan fingerprint density at radius 1 is 1.10 bits per heavy atom. The van der Waals surface area contributed by atoms with Gasteiger partial charge >= 0.3 is 0 Å². The van der Waals surface area contributed by atoms with Crippen LogP contribution in [0, 0.1) is 0 Å². The Morgan fingerprint density at radius 3 is 2.55 bits per heavy atom. The molecule has 0 radical (unpaired) electrons. The number of rotatable bonds is 4. The molecule has 0 saturated carbocycles. The molecule has 3 nitrogen and oxygen atoms in total. The zero-order chi connectivity index (χ0) is 13.8. The van der Waals surface area contributed by atoms with Crippen molar-refractivity contribution in [2.45, 2.75) is 25.8 Å². The van der Waals surface area contributed by atoms with Crippen molar-refractivity contribution >= 4 is 5.69 Å². The second kappa shape index (κ2) is 6.14. The number of piperidine rings is 1. The molecule has 1 aliphatic rings. The standard InChI is InChI=1S/C17H23N3/c1-2-19-12-8-15(9-13-19)18-16-6-5-7-17(14-16)20-10-3-4-11-20/h3-7,10-11,14-15,18H,2,8-9,12-13H2,1H3. The van der Waals surface area contributed by atoms with Gasteiger partial charge in [0.25, 0.3) is 0 Å².